The molecule has 0 aliphatic heterocycles. The van der Waals surface area contributed by atoms with Crippen molar-refractivity contribution in [1.82, 2.24) is 19.7 Å². The summed E-state index contributed by atoms with van der Waals surface area (Å²) in [7, 11) is 0. The van der Waals surface area contributed by atoms with E-state index in [9.17, 15) is 0 Å². The van der Waals surface area contributed by atoms with Gasteiger partial charge in [-0.25, -0.2) is 9.97 Å². The van der Waals surface area contributed by atoms with Gasteiger partial charge in [-0.05, 0) is 19.8 Å². The van der Waals surface area contributed by atoms with Gasteiger partial charge in [0.2, 0.25) is 0 Å². The summed E-state index contributed by atoms with van der Waals surface area (Å²) in [5.74, 6) is 0.912. The van der Waals surface area contributed by atoms with Gasteiger partial charge in [-0.15, -0.1) is 0 Å². The van der Waals surface area contributed by atoms with Crippen LogP contribution in [0.2, 0.25) is 0 Å². The number of hydrogen-bond donors (Lipinski definition) is 1. The maximum absolute atomic E-state index is 4.39. The normalized spacial score (nSPS) is 10.7. The molecule has 0 radical (unpaired) electrons. The maximum Gasteiger partial charge on any atom is 0.132 e. The number of aryl methyl sites for hydroxylation is 1. The van der Waals surface area contributed by atoms with E-state index in [0.717, 1.165) is 48.6 Å². The highest BCUT2D eigenvalue weighted by Gasteiger charge is 2.10. The van der Waals surface area contributed by atoms with Crippen molar-refractivity contribution in [2.24, 2.45) is 0 Å². The molecular formula is C14H21N5. The Hall–Kier alpha value is -1.91. The first-order chi connectivity index (χ1) is 9.26. The minimum absolute atomic E-state index is 0.912. The second kappa shape index (κ2) is 6.31. The molecule has 0 aliphatic carbocycles. The third-order valence-corrected chi connectivity index (χ3v) is 2.99. The van der Waals surface area contributed by atoms with Crippen LogP contribution in [0.3, 0.4) is 0 Å². The molecule has 2 rings (SSSR count). The Morgan fingerprint density at radius 3 is 2.79 bits per heavy atom. The first kappa shape index (κ1) is 13.5. The first-order valence-corrected chi connectivity index (χ1v) is 6.84. The van der Waals surface area contributed by atoms with Gasteiger partial charge in [0.15, 0.2) is 0 Å². The Morgan fingerprint density at radius 2 is 2.05 bits per heavy atom. The summed E-state index contributed by atoms with van der Waals surface area (Å²) in [5, 5.41) is 7.68. The van der Waals surface area contributed by atoms with E-state index in [1.54, 1.807) is 6.33 Å². The average Bonchev–Trinajstić information content (AvgIpc) is 2.86. The van der Waals surface area contributed by atoms with Gasteiger partial charge in [-0.2, -0.15) is 5.10 Å². The second-order valence-electron chi connectivity index (χ2n) is 4.61. The van der Waals surface area contributed by atoms with Crippen molar-refractivity contribution >= 4 is 5.82 Å². The Bertz CT molecular complexity index is 532. The Labute approximate surface area is 114 Å². The van der Waals surface area contributed by atoms with Crippen LogP contribution in [0.1, 0.15) is 32.3 Å². The van der Waals surface area contributed by atoms with Crippen LogP contribution in [-0.2, 0) is 6.54 Å². The molecule has 1 N–H and O–H groups in total. The van der Waals surface area contributed by atoms with Crippen molar-refractivity contribution in [3.05, 3.63) is 24.3 Å². The molecule has 5 heteroatoms. The molecule has 0 aromatic carbocycles. The van der Waals surface area contributed by atoms with Gasteiger partial charge in [0, 0.05) is 30.4 Å². The van der Waals surface area contributed by atoms with E-state index in [-0.39, 0.29) is 0 Å². The fourth-order valence-corrected chi connectivity index (χ4v) is 2.00. The van der Waals surface area contributed by atoms with Gasteiger partial charge in [0.1, 0.15) is 12.1 Å². The topological polar surface area (TPSA) is 55.6 Å². The largest absolute Gasteiger partial charge is 0.370 e. The molecule has 102 valence electrons. The Morgan fingerprint density at radius 1 is 1.21 bits per heavy atom. The summed E-state index contributed by atoms with van der Waals surface area (Å²) in [6.07, 6.45) is 7.68. The van der Waals surface area contributed by atoms with Crippen molar-refractivity contribution in [3.8, 4) is 11.3 Å². The molecule has 0 atom stereocenters. The highest BCUT2D eigenvalue weighted by Crippen LogP contribution is 2.24. The van der Waals surface area contributed by atoms with Gasteiger partial charge < -0.3 is 5.32 Å². The fourth-order valence-electron chi connectivity index (χ4n) is 2.00. The van der Waals surface area contributed by atoms with E-state index in [1.807, 2.05) is 24.0 Å². The average molecular weight is 259 g/mol. The van der Waals surface area contributed by atoms with Gasteiger partial charge in [0.25, 0.3) is 0 Å². The highest BCUT2D eigenvalue weighted by molar-refractivity contribution is 5.66. The Balaban J connectivity index is 2.27. The first-order valence-electron chi connectivity index (χ1n) is 6.84. The molecule has 0 saturated carbocycles. The zero-order valence-corrected chi connectivity index (χ0v) is 11.8. The van der Waals surface area contributed by atoms with Crippen LogP contribution in [0.4, 0.5) is 5.82 Å². The lowest BCUT2D eigenvalue weighted by Gasteiger charge is -2.09. The molecule has 2 heterocycles. The van der Waals surface area contributed by atoms with Crippen LogP contribution in [-0.4, -0.2) is 26.3 Å². The molecular weight excluding hydrogens is 238 g/mol. The van der Waals surface area contributed by atoms with Crippen LogP contribution in [0.25, 0.3) is 11.3 Å². The number of hydrogen-bond acceptors (Lipinski definition) is 4. The molecule has 0 aliphatic rings. The Kier molecular flexibility index (Phi) is 4.49. The lowest BCUT2D eigenvalue weighted by atomic mass is 10.1. The van der Waals surface area contributed by atoms with Crippen LogP contribution < -0.4 is 5.32 Å². The molecule has 0 fully saturated rings. The van der Waals surface area contributed by atoms with E-state index in [0.29, 0.717) is 0 Å². The predicted octanol–water partition coefficient (Wildman–Crippen LogP) is 2.88. The van der Waals surface area contributed by atoms with E-state index >= 15 is 0 Å². The predicted molar refractivity (Wildman–Crippen MR) is 77.1 cm³/mol. The smallest absolute Gasteiger partial charge is 0.132 e. The number of rotatable bonds is 6. The third-order valence-electron chi connectivity index (χ3n) is 2.99. The summed E-state index contributed by atoms with van der Waals surface area (Å²) in [6, 6.07) is 0. The van der Waals surface area contributed by atoms with Crippen LogP contribution in [0.5, 0.6) is 0 Å². The number of anilines is 1. The summed E-state index contributed by atoms with van der Waals surface area (Å²) in [4.78, 5) is 8.68. The highest BCUT2D eigenvalue weighted by atomic mass is 15.3. The maximum atomic E-state index is 4.39. The van der Waals surface area contributed by atoms with Gasteiger partial charge in [-0.3, -0.25) is 4.68 Å². The molecule has 0 saturated heterocycles. The minimum Gasteiger partial charge on any atom is -0.370 e. The zero-order valence-electron chi connectivity index (χ0n) is 11.8. The summed E-state index contributed by atoms with van der Waals surface area (Å²) < 4.78 is 1.95. The molecule has 2 aromatic heterocycles. The van der Waals surface area contributed by atoms with Gasteiger partial charge >= 0.3 is 0 Å². The lowest BCUT2D eigenvalue weighted by molar-refractivity contribution is 0.603. The second-order valence-corrected chi connectivity index (χ2v) is 4.61. The zero-order chi connectivity index (χ0) is 13.7. The van der Waals surface area contributed by atoms with Crippen molar-refractivity contribution < 1.29 is 0 Å². The molecule has 19 heavy (non-hydrogen) atoms. The van der Waals surface area contributed by atoms with Crippen molar-refractivity contribution in [2.75, 3.05) is 11.9 Å². The van der Waals surface area contributed by atoms with Crippen molar-refractivity contribution in [3.63, 3.8) is 0 Å². The van der Waals surface area contributed by atoms with Crippen LogP contribution >= 0.6 is 0 Å². The quantitative estimate of drug-likeness (QED) is 0.866. The molecule has 0 bridgehead atoms. The molecule has 2 aromatic rings. The van der Waals surface area contributed by atoms with E-state index in [2.05, 4.69) is 34.2 Å². The number of aromatic nitrogens is 4. The fraction of sp³-hybridized carbons (Fsp3) is 0.500. The van der Waals surface area contributed by atoms with Crippen LogP contribution in [0, 0.1) is 6.92 Å². The van der Waals surface area contributed by atoms with E-state index < -0.39 is 0 Å². The van der Waals surface area contributed by atoms with Crippen LogP contribution in [0.15, 0.2) is 18.7 Å². The standard InChI is InChI=1S/C14H21N5/c1-4-6-15-14-11(3)13(16-10-17-14)12-8-18-19(9-12)7-5-2/h8-10H,4-7H2,1-3H3,(H,15,16,17). The van der Waals surface area contributed by atoms with Crippen molar-refractivity contribution in [2.45, 2.75) is 40.2 Å². The number of nitrogens with one attached hydrogen (secondary N) is 1. The minimum atomic E-state index is 0.912. The number of nitrogens with zero attached hydrogens (tertiary/aromatic N) is 4. The lowest BCUT2D eigenvalue weighted by Crippen LogP contribution is -2.05. The van der Waals surface area contributed by atoms with Gasteiger partial charge in [0.05, 0.1) is 11.9 Å². The molecule has 0 spiro atoms. The van der Waals surface area contributed by atoms with E-state index in [1.165, 1.54) is 0 Å². The summed E-state index contributed by atoms with van der Waals surface area (Å²) >= 11 is 0. The van der Waals surface area contributed by atoms with Crippen molar-refractivity contribution in [1.29, 1.82) is 0 Å². The summed E-state index contributed by atoms with van der Waals surface area (Å²) in [6.45, 7) is 8.19. The van der Waals surface area contributed by atoms with Gasteiger partial charge in [-0.1, -0.05) is 13.8 Å². The monoisotopic (exact) mass is 259 g/mol. The SMILES string of the molecule is CCCNc1ncnc(-c2cnn(CCC)c2)c1C. The third kappa shape index (κ3) is 3.10. The molecule has 0 amide bonds. The molecule has 0 unspecified atom stereocenters. The van der Waals surface area contributed by atoms with E-state index in [4.69, 9.17) is 0 Å². The summed E-state index contributed by atoms with van der Waals surface area (Å²) in [5.41, 5.74) is 3.08. The molecule has 5 nitrogen and oxygen atoms in total.